The number of halogens is 1. The van der Waals surface area contributed by atoms with Gasteiger partial charge in [0.15, 0.2) is 0 Å². The average Bonchev–Trinajstić information content (AvgIpc) is 3.37. The van der Waals surface area contributed by atoms with Crippen LogP contribution in [0, 0.1) is 11.3 Å². The minimum Gasteiger partial charge on any atom is -0.323 e. The second kappa shape index (κ2) is 8.68. The first-order valence-corrected chi connectivity index (χ1v) is 9.36. The van der Waals surface area contributed by atoms with E-state index in [1.807, 2.05) is 42.9 Å². The van der Waals surface area contributed by atoms with Crippen LogP contribution in [-0.2, 0) is 6.42 Å². The second-order valence-electron chi connectivity index (χ2n) is 6.15. The molecule has 0 radical (unpaired) electrons. The van der Waals surface area contributed by atoms with Crippen LogP contribution in [0.15, 0.2) is 83.9 Å². The molecule has 0 aliphatic carbocycles. The van der Waals surface area contributed by atoms with E-state index in [4.69, 9.17) is 5.26 Å². The summed E-state index contributed by atoms with van der Waals surface area (Å²) in [6.07, 6.45) is 4.62. The molecular weight excluding hydrogens is 374 g/mol. The molecule has 4 aromatic rings. The van der Waals surface area contributed by atoms with Crippen LogP contribution in [0.2, 0.25) is 0 Å². The predicted octanol–water partition coefficient (Wildman–Crippen LogP) is 5.47. The summed E-state index contributed by atoms with van der Waals surface area (Å²) in [5.41, 5.74) is 5.51. The maximum atomic E-state index is 8.97. The van der Waals surface area contributed by atoms with E-state index in [0.717, 1.165) is 12.1 Å². The highest BCUT2D eigenvalue weighted by atomic mass is 35.5. The molecule has 0 aliphatic heterocycles. The Bertz CT molecular complexity index is 1020. The third-order valence-electron chi connectivity index (χ3n) is 4.47. The molecule has 5 heteroatoms. The Labute approximate surface area is 169 Å². The van der Waals surface area contributed by atoms with E-state index >= 15 is 0 Å². The average molecular weight is 392 g/mol. The van der Waals surface area contributed by atoms with Gasteiger partial charge in [-0.25, -0.2) is 4.98 Å². The predicted molar refractivity (Wildman–Crippen MR) is 111 cm³/mol. The van der Waals surface area contributed by atoms with Crippen molar-refractivity contribution in [1.29, 1.82) is 5.26 Å². The van der Waals surface area contributed by atoms with Crippen LogP contribution in [0.1, 0.15) is 34.0 Å². The topological polar surface area (TPSA) is 41.6 Å². The van der Waals surface area contributed by atoms with Crippen LogP contribution in [0.25, 0.3) is 0 Å². The van der Waals surface area contributed by atoms with Gasteiger partial charge in [-0.2, -0.15) is 16.6 Å². The molecule has 1 atom stereocenters. The number of hydrogen-bond donors (Lipinski definition) is 0. The zero-order valence-electron chi connectivity index (χ0n) is 14.5. The molecule has 4 rings (SSSR count). The molecule has 2 aromatic heterocycles. The van der Waals surface area contributed by atoms with Crippen LogP contribution < -0.4 is 0 Å². The first kappa shape index (κ1) is 18.9. The highest BCUT2D eigenvalue weighted by Gasteiger charge is 2.19. The van der Waals surface area contributed by atoms with Crippen molar-refractivity contribution in [2.24, 2.45) is 0 Å². The van der Waals surface area contributed by atoms with Crippen molar-refractivity contribution in [2.45, 2.75) is 12.5 Å². The highest BCUT2D eigenvalue weighted by molar-refractivity contribution is 7.08. The molecule has 2 heterocycles. The normalized spacial score (nSPS) is 11.4. The number of imidazole rings is 1. The van der Waals surface area contributed by atoms with E-state index in [0.29, 0.717) is 5.56 Å². The number of nitriles is 1. The van der Waals surface area contributed by atoms with Crippen molar-refractivity contribution in [3.63, 3.8) is 0 Å². The molecule has 0 bridgehead atoms. The molecule has 2 aromatic carbocycles. The van der Waals surface area contributed by atoms with Gasteiger partial charge in [0.05, 0.1) is 24.0 Å². The van der Waals surface area contributed by atoms with Gasteiger partial charge in [0.1, 0.15) is 0 Å². The zero-order valence-corrected chi connectivity index (χ0v) is 16.2. The molecular formula is C22H18ClN3S. The Hall–Kier alpha value is -2.87. The molecule has 1 unspecified atom stereocenters. The number of aromatic nitrogens is 2. The van der Waals surface area contributed by atoms with Crippen molar-refractivity contribution in [1.82, 2.24) is 9.55 Å². The smallest absolute Gasteiger partial charge is 0.0991 e. The minimum absolute atomic E-state index is 0. The van der Waals surface area contributed by atoms with E-state index in [1.54, 1.807) is 11.3 Å². The monoisotopic (exact) mass is 391 g/mol. The van der Waals surface area contributed by atoms with Gasteiger partial charge in [-0.1, -0.05) is 42.5 Å². The van der Waals surface area contributed by atoms with Gasteiger partial charge in [0.2, 0.25) is 0 Å². The van der Waals surface area contributed by atoms with Gasteiger partial charge >= 0.3 is 0 Å². The summed E-state index contributed by atoms with van der Waals surface area (Å²) in [5, 5.41) is 13.3. The quantitative estimate of drug-likeness (QED) is 0.452. The maximum absolute atomic E-state index is 8.97. The molecule has 0 aliphatic rings. The number of hydrogen-bond acceptors (Lipinski definition) is 3. The van der Waals surface area contributed by atoms with E-state index < -0.39 is 0 Å². The van der Waals surface area contributed by atoms with E-state index in [1.165, 1.54) is 16.7 Å². The third kappa shape index (κ3) is 4.11. The summed E-state index contributed by atoms with van der Waals surface area (Å²) in [5.74, 6) is 0. The fraction of sp³-hybridized carbons (Fsp3) is 0.0909. The molecule has 0 N–H and O–H groups in total. The van der Waals surface area contributed by atoms with Crippen molar-refractivity contribution < 1.29 is 0 Å². The standard InChI is InChI=1S/C22H17N3S.ClH/c23-13-18-8-6-17(7-9-18)12-21-14-24-16-25(21)22(20-10-11-26-15-20)19-4-2-1-3-5-19;/h1-11,14-16,22H,12H2;1H. The lowest BCUT2D eigenvalue weighted by atomic mass is 10.00. The molecule has 27 heavy (non-hydrogen) atoms. The summed E-state index contributed by atoms with van der Waals surface area (Å²) in [6, 6.07) is 22.7. The van der Waals surface area contributed by atoms with Crippen molar-refractivity contribution in [3.8, 4) is 6.07 Å². The maximum Gasteiger partial charge on any atom is 0.0991 e. The Morgan fingerprint density at radius 3 is 2.44 bits per heavy atom. The molecule has 134 valence electrons. The second-order valence-corrected chi connectivity index (χ2v) is 6.93. The van der Waals surface area contributed by atoms with E-state index in [9.17, 15) is 0 Å². The SMILES string of the molecule is Cl.N#Cc1ccc(Cc2cncn2C(c2ccccc2)c2ccsc2)cc1. The summed E-state index contributed by atoms with van der Waals surface area (Å²) >= 11 is 1.71. The fourth-order valence-corrected chi connectivity index (χ4v) is 3.87. The van der Waals surface area contributed by atoms with E-state index in [-0.39, 0.29) is 18.4 Å². The van der Waals surface area contributed by atoms with Gasteiger partial charge in [-0.15, -0.1) is 12.4 Å². The highest BCUT2D eigenvalue weighted by Crippen LogP contribution is 2.30. The summed E-state index contributed by atoms with van der Waals surface area (Å²) in [6.45, 7) is 0. The van der Waals surface area contributed by atoms with Crippen LogP contribution in [0.5, 0.6) is 0 Å². The van der Waals surface area contributed by atoms with Crippen LogP contribution in [-0.4, -0.2) is 9.55 Å². The Morgan fingerprint density at radius 1 is 1.00 bits per heavy atom. The Morgan fingerprint density at radius 2 is 1.78 bits per heavy atom. The van der Waals surface area contributed by atoms with Crippen LogP contribution in [0.4, 0.5) is 0 Å². The van der Waals surface area contributed by atoms with E-state index in [2.05, 4.69) is 56.7 Å². The first-order valence-electron chi connectivity index (χ1n) is 8.42. The summed E-state index contributed by atoms with van der Waals surface area (Å²) in [7, 11) is 0. The molecule has 0 fully saturated rings. The van der Waals surface area contributed by atoms with Gasteiger partial charge < -0.3 is 4.57 Å². The Kier molecular flexibility index (Phi) is 6.08. The minimum atomic E-state index is 0. The lowest BCUT2D eigenvalue weighted by Gasteiger charge is -2.21. The molecule has 0 amide bonds. The fourth-order valence-electron chi connectivity index (χ4n) is 3.19. The molecule has 0 saturated carbocycles. The van der Waals surface area contributed by atoms with Crippen molar-refractivity contribution >= 4 is 23.7 Å². The summed E-state index contributed by atoms with van der Waals surface area (Å²) < 4.78 is 2.25. The van der Waals surface area contributed by atoms with Crippen molar-refractivity contribution in [2.75, 3.05) is 0 Å². The lowest BCUT2D eigenvalue weighted by Crippen LogP contribution is -2.13. The number of rotatable bonds is 5. The van der Waals surface area contributed by atoms with Gasteiger partial charge in [-0.05, 0) is 45.6 Å². The largest absolute Gasteiger partial charge is 0.323 e. The van der Waals surface area contributed by atoms with Gasteiger partial charge in [0, 0.05) is 18.3 Å². The molecule has 0 spiro atoms. The van der Waals surface area contributed by atoms with Crippen LogP contribution in [0.3, 0.4) is 0 Å². The third-order valence-corrected chi connectivity index (χ3v) is 5.17. The number of benzene rings is 2. The number of thiophene rings is 1. The van der Waals surface area contributed by atoms with Gasteiger partial charge in [-0.3, -0.25) is 0 Å². The van der Waals surface area contributed by atoms with Crippen molar-refractivity contribution in [3.05, 3.63) is 112 Å². The number of nitrogens with zero attached hydrogens (tertiary/aromatic N) is 3. The zero-order chi connectivity index (χ0) is 17.8. The first-order chi connectivity index (χ1) is 12.8. The van der Waals surface area contributed by atoms with Gasteiger partial charge in [0.25, 0.3) is 0 Å². The molecule has 0 saturated heterocycles. The summed E-state index contributed by atoms with van der Waals surface area (Å²) in [4.78, 5) is 4.42. The van der Waals surface area contributed by atoms with Crippen LogP contribution >= 0.6 is 23.7 Å². The lowest BCUT2D eigenvalue weighted by molar-refractivity contribution is 0.651. The Balaban J connectivity index is 0.00000210. The molecule has 3 nitrogen and oxygen atoms in total.